The number of carboxylic acids is 1. The van der Waals surface area contributed by atoms with Crippen molar-refractivity contribution in [3.63, 3.8) is 0 Å². The zero-order valence-corrected chi connectivity index (χ0v) is 11.9. The first kappa shape index (κ1) is 14.9. The molecule has 1 aliphatic rings. The quantitative estimate of drug-likeness (QED) is 0.836. The number of hydrogen-bond donors (Lipinski definition) is 1. The number of amides is 1. The van der Waals surface area contributed by atoms with Crippen LogP contribution < -0.4 is 9.47 Å². The lowest BCUT2D eigenvalue weighted by Gasteiger charge is -2.23. The second kappa shape index (κ2) is 6.30. The Morgan fingerprint density at radius 2 is 2.05 bits per heavy atom. The highest BCUT2D eigenvalue weighted by Crippen LogP contribution is 2.32. The van der Waals surface area contributed by atoms with Gasteiger partial charge in [0, 0.05) is 12.1 Å². The van der Waals surface area contributed by atoms with Gasteiger partial charge in [0.05, 0.1) is 0 Å². The molecule has 0 saturated heterocycles. The summed E-state index contributed by atoms with van der Waals surface area (Å²) in [5, 5.41) is 8.82. The number of fused-ring (bicyclic) bond motifs is 1. The van der Waals surface area contributed by atoms with E-state index in [0.717, 1.165) is 5.56 Å². The van der Waals surface area contributed by atoms with Gasteiger partial charge in [-0.2, -0.15) is 0 Å². The molecule has 0 atom stereocenters. The summed E-state index contributed by atoms with van der Waals surface area (Å²) in [6.45, 7) is 3.42. The van der Waals surface area contributed by atoms with Crippen LogP contribution in [0.15, 0.2) is 24.3 Å². The summed E-state index contributed by atoms with van der Waals surface area (Å²) >= 11 is 0. The van der Waals surface area contributed by atoms with Crippen molar-refractivity contribution in [2.45, 2.75) is 19.9 Å². The number of benzene rings is 1. The Morgan fingerprint density at radius 1 is 1.33 bits per heavy atom. The van der Waals surface area contributed by atoms with Crippen LogP contribution in [0.4, 0.5) is 0 Å². The zero-order valence-electron chi connectivity index (χ0n) is 11.9. The fraction of sp³-hybridized carbons (Fsp3) is 0.333. The minimum absolute atomic E-state index is 0.185. The molecule has 6 nitrogen and oxygen atoms in total. The molecule has 0 unspecified atom stereocenters. The minimum atomic E-state index is -1.03. The first-order chi connectivity index (χ1) is 9.97. The molecule has 1 N–H and O–H groups in total. The van der Waals surface area contributed by atoms with Gasteiger partial charge in [0.1, 0.15) is 6.54 Å². The molecule has 0 bridgehead atoms. The number of aliphatic carboxylic acids is 1. The highest BCUT2D eigenvalue weighted by molar-refractivity contribution is 5.93. The maximum Gasteiger partial charge on any atom is 0.323 e. The van der Waals surface area contributed by atoms with E-state index in [1.165, 1.54) is 11.0 Å². The number of nitrogens with zero attached hydrogens (tertiary/aromatic N) is 1. The Kier molecular flexibility index (Phi) is 4.47. The van der Waals surface area contributed by atoms with Gasteiger partial charge < -0.3 is 19.5 Å². The number of hydrogen-bond acceptors (Lipinski definition) is 4. The van der Waals surface area contributed by atoms with Crippen molar-refractivity contribution >= 4 is 18.0 Å². The molecule has 6 heteroatoms. The smallest absolute Gasteiger partial charge is 0.323 e. The topological polar surface area (TPSA) is 76.1 Å². The van der Waals surface area contributed by atoms with Crippen molar-refractivity contribution in [2.24, 2.45) is 0 Å². The first-order valence-electron chi connectivity index (χ1n) is 6.57. The van der Waals surface area contributed by atoms with Crippen LogP contribution in [0.3, 0.4) is 0 Å². The Labute approximate surface area is 122 Å². The highest BCUT2D eigenvalue weighted by atomic mass is 16.7. The lowest BCUT2D eigenvalue weighted by Crippen LogP contribution is -2.39. The molecular weight excluding hydrogens is 274 g/mol. The van der Waals surface area contributed by atoms with E-state index in [1.54, 1.807) is 38.1 Å². The van der Waals surface area contributed by atoms with Gasteiger partial charge in [-0.15, -0.1) is 0 Å². The Balaban J connectivity index is 2.08. The second-order valence-electron chi connectivity index (χ2n) is 4.90. The molecule has 0 aromatic heterocycles. The fourth-order valence-corrected chi connectivity index (χ4v) is 1.94. The molecule has 112 valence electrons. The summed E-state index contributed by atoms with van der Waals surface area (Å²) in [7, 11) is 0. The van der Waals surface area contributed by atoms with Crippen LogP contribution in [-0.2, 0) is 9.59 Å². The van der Waals surface area contributed by atoms with Crippen LogP contribution in [-0.4, -0.2) is 41.3 Å². The molecule has 1 aromatic carbocycles. The van der Waals surface area contributed by atoms with Crippen LogP contribution in [0.5, 0.6) is 11.5 Å². The van der Waals surface area contributed by atoms with Crippen LogP contribution in [0.2, 0.25) is 0 Å². The largest absolute Gasteiger partial charge is 0.480 e. The van der Waals surface area contributed by atoms with Gasteiger partial charge in [-0.25, -0.2) is 0 Å². The summed E-state index contributed by atoms with van der Waals surface area (Å²) in [4.78, 5) is 24.1. The van der Waals surface area contributed by atoms with Crippen molar-refractivity contribution in [3.8, 4) is 11.5 Å². The van der Waals surface area contributed by atoms with E-state index in [0.29, 0.717) is 11.5 Å². The number of ether oxygens (including phenoxy) is 2. The standard InChI is InChI=1S/C15H17NO5/c1-10(2)16(8-15(18)19)14(17)6-4-11-3-5-12-13(7-11)21-9-20-12/h3-7,10H,8-9H2,1-2H3,(H,18,19)/b6-4+. The minimum Gasteiger partial charge on any atom is -0.480 e. The molecule has 0 radical (unpaired) electrons. The molecule has 0 saturated carbocycles. The second-order valence-corrected chi connectivity index (χ2v) is 4.90. The molecular formula is C15H17NO5. The molecule has 1 aliphatic heterocycles. The Morgan fingerprint density at radius 3 is 2.71 bits per heavy atom. The SMILES string of the molecule is CC(C)N(CC(=O)O)C(=O)/C=C/c1ccc2c(c1)OCO2. The van der Waals surface area contributed by atoms with Crippen molar-refractivity contribution in [2.75, 3.05) is 13.3 Å². The number of carbonyl (C=O) groups excluding carboxylic acids is 1. The molecule has 0 spiro atoms. The van der Waals surface area contributed by atoms with E-state index < -0.39 is 5.97 Å². The first-order valence-corrected chi connectivity index (χ1v) is 6.57. The van der Waals surface area contributed by atoms with Crippen LogP contribution in [0, 0.1) is 0 Å². The summed E-state index contributed by atoms with van der Waals surface area (Å²) in [6.07, 6.45) is 2.99. The van der Waals surface area contributed by atoms with Crippen molar-refractivity contribution in [1.82, 2.24) is 4.90 Å². The predicted octanol–water partition coefficient (Wildman–Crippen LogP) is 1.75. The van der Waals surface area contributed by atoms with Crippen LogP contribution in [0.25, 0.3) is 6.08 Å². The fourth-order valence-electron chi connectivity index (χ4n) is 1.94. The molecule has 1 heterocycles. The van der Waals surface area contributed by atoms with Gasteiger partial charge in [-0.1, -0.05) is 6.07 Å². The third-order valence-electron chi connectivity index (χ3n) is 3.03. The van der Waals surface area contributed by atoms with E-state index in [9.17, 15) is 9.59 Å². The van der Waals surface area contributed by atoms with Gasteiger partial charge in [-0.05, 0) is 37.6 Å². The number of carbonyl (C=O) groups is 2. The third kappa shape index (κ3) is 3.75. The number of rotatable bonds is 5. The maximum absolute atomic E-state index is 12.0. The van der Waals surface area contributed by atoms with Gasteiger partial charge in [0.2, 0.25) is 12.7 Å². The van der Waals surface area contributed by atoms with Gasteiger partial charge >= 0.3 is 5.97 Å². The normalized spacial score (nSPS) is 12.9. The average molecular weight is 291 g/mol. The average Bonchev–Trinajstić information content (AvgIpc) is 2.89. The Bertz CT molecular complexity index is 579. The summed E-state index contributed by atoms with van der Waals surface area (Å²) in [6, 6.07) is 5.15. The summed E-state index contributed by atoms with van der Waals surface area (Å²) in [5.41, 5.74) is 0.784. The van der Waals surface area contributed by atoms with E-state index in [4.69, 9.17) is 14.6 Å². The lowest BCUT2D eigenvalue weighted by atomic mass is 10.2. The molecule has 2 rings (SSSR count). The van der Waals surface area contributed by atoms with Crippen molar-refractivity contribution < 1.29 is 24.2 Å². The molecule has 21 heavy (non-hydrogen) atoms. The molecule has 1 amide bonds. The van der Waals surface area contributed by atoms with E-state index in [2.05, 4.69) is 0 Å². The van der Waals surface area contributed by atoms with Crippen molar-refractivity contribution in [1.29, 1.82) is 0 Å². The zero-order chi connectivity index (χ0) is 15.4. The van der Waals surface area contributed by atoms with Crippen molar-refractivity contribution in [3.05, 3.63) is 29.8 Å². The van der Waals surface area contributed by atoms with E-state index >= 15 is 0 Å². The van der Waals surface area contributed by atoms with Gasteiger partial charge in [-0.3, -0.25) is 9.59 Å². The number of carboxylic acid groups (broad SMARTS) is 1. The molecule has 0 fully saturated rings. The van der Waals surface area contributed by atoms with Crippen LogP contribution in [0.1, 0.15) is 19.4 Å². The molecule has 1 aromatic rings. The molecule has 0 aliphatic carbocycles. The lowest BCUT2D eigenvalue weighted by molar-refractivity contribution is -0.143. The highest BCUT2D eigenvalue weighted by Gasteiger charge is 2.17. The predicted molar refractivity (Wildman–Crippen MR) is 76.1 cm³/mol. The monoisotopic (exact) mass is 291 g/mol. The maximum atomic E-state index is 12.0. The summed E-state index contributed by atoms with van der Waals surface area (Å²) in [5.74, 6) is -0.0670. The van der Waals surface area contributed by atoms with Gasteiger partial charge in [0.15, 0.2) is 11.5 Å². The Hall–Kier alpha value is -2.50. The third-order valence-corrected chi connectivity index (χ3v) is 3.03. The van der Waals surface area contributed by atoms with E-state index in [1.807, 2.05) is 0 Å². The van der Waals surface area contributed by atoms with E-state index in [-0.39, 0.29) is 25.3 Å². The van der Waals surface area contributed by atoms with Crippen LogP contribution >= 0.6 is 0 Å². The van der Waals surface area contributed by atoms with Gasteiger partial charge in [0.25, 0.3) is 0 Å². The summed E-state index contributed by atoms with van der Waals surface area (Å²) < 4.78 is 10.5.